The van der Waals surface area contributed by atoms with Crippen molar-refractivity contribution in [3.63, 3.8) is 0 Å². The molecule has 0 aromatic heterocycles. The van der Waals surface area contributed by atoms with Crippen molar-refractivity contribution >= 4 is 0 Å². The van der Waals surface area contributed by atoms with Crippen LogP contribution in [0.4, 0.5) is 0 Å². The number of rotatable bonds is 3. The highest BCUT2D eigenvalue weighted by Gasteiger charge is 1.84. The molecule has 2 heteroatoms. The van der Waals surface area contributed by atoms with Crippen LogP contribution in [0.15, 0.2) is 12.0 Å². The molecule has 10 heavy (non-hydrogen) atoms. The van der Waals surface area contributed by atoms with Gasteiger partial charge in [-0.05, 0) is 5.92 Å². The Balaban J connectivity index is 3.69. The normalized spacial score (nSPS) is 12.8. The predicted octanol–water partition coefficient (Wildman–Crippen LogP) is 1.63. The zero-order chi connectivity index (χ0) is 8.15. The van der Waals surface area contributed by atoms with Gasteiger partial charge in [0.05, 0.1) is 0 Å². The van der Waals surface area contributed by atoms with Crippen LogP contribution in [0, 0.1) is 5.92 Å². The van der Waals surface area contributed by atoms with Crippen molar-refractivity contribution < 1.29 is 5.11 Å². The van der Waals surface area contributed by atoms with E-state index in [1.165, 1.54) is 6.20 Å². The molecule has 0 N–H and O–H groups in total. The Labute approximate surface area is 62.9 Å². The summed E-state index contributed by atoms with van der Waals surface area (Å²) >= 11 is 0. The molecule has 60 valence electrons. The molecule has 0 unspecified atom stereocenters. The van der Waals surface area contributed by atoms with Crippen LogP contribution in [0.2, 0.25) is 0 Å². The summed E-state index contributed by atoms with van der Waals surface area (Å²) in [4.78, 5) is 0. The first kappa shape index (κ1) is 9.34. The van der Waals surface area contributed by atoms with Gasteiger partial charge in [0.1, 0.15) is 0 Å². The lowest BCUT2D eigenvalue weighted by Crippen LogP contribution is -2.10. The van der Waals surface area contributed by atoms with Crippen molar-refractivity contribution in [3.05, 3.63) is 17.3 Å². The van der Waals surface area contributed by atoms with Crippen LogP contribution in [-0.2, 0) is 0 Å². The Morgan fingerprint density at radius 3 is 2.10 bits per heavy atom. The van der Waals surface area contributed by atoms with Crippen LogP contribution in [0.1, 0.15) is 27.7 Å². The van der Waals surface area contributed by atoms with Crippen LogP contribution in [0.5, 0.6) is 0 Å². The highest BCUT2D eigenvalue weighted by molar-refractivity contribution is 5.07. The zero-order valence-corrected chi connectivity index (χ0v) is 7.09. The quantitative estimate of drug-likeness (QED) is 0.550. The van der Waals surface area contributed by atoms with Crippen molar-refractivity contribution in [2.75, 3.05) is 0 Å². The van der Waals surface area contributed by atoms with Crippen LogP contribution in [0.3, 0.4) is 0 Å². The molecule has 0 bridgehead atoms. The zero-order valence-electron chi connectivity index (χ0n) is 7.09. The first-order chi connectivity index (χ1) is 4.54. The SMILES string of the molecule is CC(C)[N-]C=C([O-])C(C)C. The van der Waals surface area contributed by atoms with Crippen molar-refractivity contribution in [2.24, 2.45) is 5.92 Å². The smallest absolute Gasteiger partial charge is 0.0380 e. The lowest BCUT2D eigenvalue weighted by molar-refractivity contribution is -0.313. The lowest BCUT2D eigenvalue weighted by Gasteiger charge is -2.27. The number of hydrogen-bond donors (Lipinski definition) is 0. The molecule has 0 aliphatic heterocycles. The molecule has 0 heterocycles. The van der Waals surface area contributed by atoms with Gasteiger partial charge in [0, 0.05) is 0 Å². The van der Waals surface area contributed by atoms with Crippen molar-refractivity contribution in [2.45, 2.75) is 33.7 Å². The van der Waals surface area contributed by atoms with Crippen LogP contribution in [0.25, 0.3) is 5.32 Å². The van der Waals surface area contributed by atoms with Gasteiger partial charge in [-0.25, -0.2) is 0 Å². The fourth-order valence-corrected chi connectivity index (χ4v) is 0.372. The Bertz CT molecular complexity index is 116. The molecule has 0 saturated carbocycles. The standard InChI is InChI=1S/C8H16NO/c1-6(2)8(10)5-9-7(3)4/h5-7,10H,1-4H3/q-1/p-1. The van der Waals surface area contributed by atoms with Gasteiger partial charge in [0.25, 0.3) is 0 Å². The average molecular weight is 141 g/mol. The van der Waals surface area contributed by atoms with Gasteiger partial charge in [-0.3, -0.25) is 0 Å². The molecule has 0 saturated heterocycles. The Morgan fingerprint density at radius 2 is 1.80 bits per heavy atom. The van der Waals surface area contributed by atoms with Gasteiger partial charge >= 0.3 is 0 Å². The predicted molar refractivity (Wildman–Crippen MR) is 41.4 cm³/mol. The largest absolute Gasteiger partial charge is 0.876 e. The van der Waals surface area contributed by atoms with E-state index in [-0.39, 0.29) is 17.7 Å². The minimum absolute atomic E-state index is 0.0718. The van der Waals surface area contributed by atoms with Gasteiger partial charge < -0.3 is 10.4 Å². The van der Waals surface area contributed by atoms with Crippen LogP contribution < -0.4 is 5.11 Å². The van der Waals surface area contributed by atoms with Gasteiger partial charge in [0.15, 0.2) is 0 Å². The number of nitrogens with zero attached hydrogens (tertiary/aromatic N) is 1. The summed E-state index contributed by atoms with van der Waals surface area (Å²) in [7, 11) is 0. The van der Waals surface area contributed by atoms with E-state index in [9.17, 15) is 5.11 Å². The minimum atomic E-state index is 0.0718. The molecule has 0 fully saturated rings. The monoisotopic (exact) mass is 141 g/mol. The topological polar surface area (TPSA) is 37.2 Å². The van der Waals surface area contributed by atoms with Crippen LogP contribution >= 0.6 is 0 Å². The third-order valence-corrected chi connectivity index (χ3v) is 1.07. The van der Waals surface area contributed by atoms with E-state index in [0.717, 1.165) is 0 Å². The molecule has 0 aliphatic carbocycles. The van der Waals surface area contributed by atoms with Crippen molar-refractivity contribution in [1.82, 2.24) is 0 Å². The fourth-order valence-electron chi connectivity index (χ4n) is 0.372. The summed E-state index contributed by atoms with van der Waals surface area (Å²) in [5, 5.41) is 14.9. The Morgan fingerprint density at radius 1 is 1.30 bits per heavy atom. The molecule has 0 atom stereocenters. The van der Waals surface area contributed by atoms with E-state index in [2.05, 4.69) is 5.32 Å². The third kappa shape index (κ3) is 4.24. The minimum Gasteiger partial charge on any atom is -0.876 e. The fraction of sp³-hybridized carbons (Fsp3) is 0.750. The van der Waals surface area contributed by atoms with Gasteiger partial charge in [-0.2, -0.15) is 12.0 Å². The summed E-state index contributed by atoms with van der Waals surface area (Å²) in [6.07, 6.45) is 1.43. The summed E-state index contributed by atoms with van der Waals surface area (Å²) in [6.45, 7) is 7.64. The molecule has 0 spiro atoms. The van der Waals surface area contributed by atoms with E-state index in [0.29, 0.717) is 0 Å². The molecule has 0 amide bonds. The van der Waals surface area contributed by atoms with E-state index < -0.39 is 0 Å². The van der Waals surface area contributed by atoms with Crippen molar-refractivity contribution in [1.29, 1.82) is 0 Å². The van der Waals surface area contributed by atoms with E-state index >= 15 is 0 Å². The Hall–Kier alpha value is -0.660. The summed E-state index contributed by atoms with van der Waals surface area (Å²) in [5.74, 6) is 0.177. The molecule has 0 radical (unpaired) electrons. The number of allylic oxidation sites excluding steroid dienone is 1. The second kappa shape index (κ2) is 4.20. The second-order valence-corrected chi connectivity index (χ2v) is 2.93. The van der Waals surface area contributed by atoms with Gasteiger partial charge in [-0.15, -0.1) is 6.04 Å². The van der Waals surface area contributed by atoms with E-state index in [4.69, 9.17) is 0 Å². The molecular weight excluding hydrogens is 126 g/mol. The maximum Gasteiger partial charge on any atom is -0.0380 e. The summed E-state index contributed by atoms with van der Waals surface area (Å²) in [5.41, 5.74) is 0. The third-order valence-electron chi connectivity index (χ3n) is 1.07. The molecule has 0 aromatic carbocycles. The maximum atomic E-state index is 10.9. The van der Waals surface area contributed by atoms with Crippen molar-refractivity contribution in [3.8, 4) is 0 Å². The average Bonchev–Trinajstić information content (AvgIpc) is 1.82. The van der Waals surface area contributed by atoms with Gasteiger partial charge in [-0.1, -0.05) is 27.7 Å². The van der Waals surface area contributed by atoms with Crippen LogP contribution in [-0.4, -0.2) is 6.04 Å². The maximum absolute atomic E-state index is 10.9. The lowest BCUT2D eigenvalue weighted by atomic mass is 10.2. The molecular formula is C8H15NO-2. The highest BCUT2D eigenvalue weighted by atomic mass is 16.3. The Kier molecular flexibility index (Phi) is 3.93. The highest BCUT2D eigenvalue weighted by Crippen LogP contribution is 2.06. The number of hydrogen-bond acceptors (Lipinski definition) is 1. The first-order valence-electron chi connectivity index (χ1n) is 3.61. The summed E-state index contributed by atoms with van der Waals surface area (Å²) in [6, 6.07) is 0.225. The van der Waals surface area contributed by atoms with Gasteiger partial charge in [0.2, 0.25) is 0 Å². The first-order valence-corrected chi connectivity index (χ1v) is 3.61. The van der Waals surface area contributed by atoms with E-state index in [1.807, 2.05) is 27.7 Å². The molecule has 0 rings (SSSR count). The molecule has 0 aromatic rings. The molecule has 0 aliphatic rings. The van der Waals surface area contributed by atoms with E-state index in [1.54, 1.807) is 0 Å². The summed E-state index contributed by atoms with van der Waals surface area (Å²) < 4.78 is 0. The molecule has 2 nitrogen and oxygen atoms in total. The second-order valence-electron chi connectivity index (χ2n) is 2.93.